The molecule has 1 heterocycles. The summed E-state index contributed by atoms with van der Waals surface area (Å²) in [5.74, 6) is -1.93. The van der Waals surface area contributed by atoms with Crippen molar-refractivity contribution in [2.24, 2.45) is 0 Å². The summed E-state index contributed by atoms with van der Waals surface area (Å²) in [6, 6.07) is 2.69. The van der Waals surface area contributed by atoms with Crippen LogP contribution in [0, 0.1) is 11.6 Å². The van der Waals surface area contributed by atoms with Crippen LogP contribution in [0.25, 0.3) is 0 Å². The summed E-state index contributed by atoms with van der Waals surface area (Å²) in [6.07, 6.45) is 5.63. The quantitative estimate of drug-likeness (QED) is 0.619. The van der Waals surface area contributed by atoms with Gasteiger partial charge in [-0.15, -0.1) is 0 Å². The van der Waals surface area contributed by atoms with Crippen LogP contribution in [0.15, 0.2) is 30.9 Å². The van der Waals surface area contributed by atoms with Gasteiger partial charge >= 0.3 is 0 Å². The van der Waals surface area contributed by atoms with E-state index in [4.69, 9.17) is 0 Å². The molecule has 0 aliphatic heterocycles. The molecule has 0 saturated heterocycles. The third-order valence-corrected chi connectivity index (χ3v) is 7.09. The molecule has 6 nitrogen and oxygen atoms in total. The highest BCUT2D eigenvalue weighted by atomic mass is 32.2. The van der Waals surface area contributed by atoms with Crippen LogP contribution in [0.4, 0.5) is 8.78 Å². The maximum atomic E-state index is 14.4. The summed E-state index contributed by atoms with van der Waals surface area (Å²) < 4.78 is 54.6. The van der Waals surface area contributed by atoms with E-state index >= 15 is 0 Å². The molecule has 2 rings (SSSR count). The minimum Gasteiger partial charge on any atom is -0.382 e. The lowest BCUT2D eigenvalue weighted by Crippen LogP contribution is -2.47. The highest BCUT2D eigenvalue weighted by Crippen LogP contribution is 2.34. The van der Waals surface area contributed by atoms with E-state index in [1.165, 1.54) is 24.3 Å². The smallest absolute Gasteiger partial charge is 0.156 e. The molecule has 0 aliphatic carbocycles. The number of aromatic nitrogens is 3. The molecular weight excluding hydrogens is 376 g/mol. The molecule has 0 unspecified atom stereocenters. The number of aliphatic hydroxyl groups is 1. The zero-order valence-corrected chi connectivity index (χ0v) is 16.3. The van der Waals surface area contributed by atoms with E-state index < -0.39 is 32.3 Å². The number of nitrogens with zero attached hydrogens (tertiary/aromatic N) is 3. The molecule has 9 heteroatoms. The Morgan fingerprint density at radius 3 is 2.59 bits per heavy atom. The summed E-state index contributed by atoms with van der Waals surface area (Å²) in [4.78, 5) is 3.77. The standard InChI is InChI=1S/C18H25F2N3O3S/c1-3-4-5-6-9-27(25,26)14(2)18(24,11-23-13-21-12-22-23)16-8-7-15(19)10-17(16)20/h7-8,10,12-14,24H,3-6,9,11H2,1-2H3/t14-,18-/m1/s1. The molecular formula is C18H25F2N3O3S. The molecule has 0 radical (unpaired) electrons. The first kappa shape index (κ1) is 21.4. The van der Waals surface area contributed by atoms with Gasteiger partial charge in [-0.2, -0.15) is 5.10 Å². The Balaban J connectivity index is 2.39. The molecule has 0 fully saturated rings. The Morgan fingerprint density at radius 2 is 2.00 bits per heavy atom. The van der Waals surface area contributed by atoms with E-state index in [0.717, 1.165) is 31.4 Å². The van der Waals surface area contributed by atoms with Crippen LogP contribution in [0.3, 0.4) is 0 Å². The maximum Gasteiger partial charge on any atom is 0.156 e. The SMILES string of the molecule is CCCCCCS(=O)(=O)[C@H](C)[C@](O)(Cn1cncn1)c1ccc(F)cc1F. The van der Waals surface area contributed by atoms with Crippen LogP contribution in [0.1, 0.15) is 45.1 Å². The molecule has 0 aliphatic rings. The molecule has 0 spiro atoms. The van der Waals surface area contributed by atoms with Gasteiger partial charge in [0.05, 0.1) is 17.5 Å². The summed E-state index contributed by atoms with van der Waals surface area (Å²) >= 11 is 0. The second-order valence-corrected chi connectivity index (χ2v) is 9.15. The minimum atomic E-state index is -3.75. The van der Waals surface area contributed by atoms with E-state index in [9.17, 15) is 22.3 Å². The highest BCUT2D eigenvalue weighted by molar-refractivity contribution is 7.92. The zero-order valence-electron chi connectivity index (χ0n) is 15.5. The third kappa shape index (κ3) is 5.10. The summed E-state index contributed by atoms with van der Waals surface area (Å²) in [5, 5.41) is 13.9. The lowest BCUT2D eigenvalue weighted by molar-refractivity contribution is 0.0110. The van der Waals surface area contributed by atoms with Crippen molar-refractivity contribution in [2.75, 3.05) is 5.75 Å². The van der Waals surface area contributed by atoms with Crippen molar-refractivity contribution in [1.29, 1.82) is 0 Å². The van der Waals surface area contributed by atoms with Gasteiger partial charge in [0, 0.05) is 11.6 Å². The number of hydrogen-bond acceptors (Lipinski definition) is 5. The van der Waals surface area contributed by atoms with Crippen molar-refractivity contribution in [3.05, 3.63) is 48.1 Å². The van der Waals surface area contributed by atoms with Gasteiger partial charge in [-0.1, -0.05) is 32.3 Å². The van der Waals surface area contributed by atoms with E-state index in [1.54, 1.807) is 0 Å². The van der Waals surface area contributed by atoms with E-state index in [1.807, 2.05) is 6.92 Å². The monoisotopic (exact) mass is 401 g/mol. The van der Waals surface area contributed by atoms with Crippen molar-refractivity contribution >= 4 is 9.84 Å². The molecule has 1 aromatic carbocycles. The Kier molecular flexibility index (Phi) is 7.05. The molecule has 0 bridgehead atoms. The van der Waals surface area contributed by atoms with Gasteiger partial charge in [0.15, 0.2) is 9.84 Å². The Labute approximate surface area is 158 Å². The van der Waals surface area contributed by atoms with E-state index in [2.05, 4.69) is 10.1 Å². The molecule has 2 atom stereocenters. The second-order valence-electron chi connectivity index (χ2n) is 6.71. The van der Waals surface area contributed by atoms with Crippen LogP contribution in [0.2, 0.25) is 0 Å². The van der Waals surface area contributed by atoms with Gasteiger partial charge < -0.3 is 5.11 Å². The highest BCUT2D eigenvalue weighted by Gasteiger charge is 2.45. The maximum absolute atomic E-state index is 14.4. The molecule has 150 valence electrons. The van der Waals surface area contributed by atoms with Gasteiger partial charge in [0.25, 0.3) is 0 Å². The van der Waals surface area contributed by atoms with Crippen LogP contribution >= 0.6 is 0 Å². The van der Waals surface area contributed by atoms with Crippen LogP contribution in [-0.4, -0.2) is 39.3 Å². The average Bonchev–Trinajstić information content (AvgIpc) is 3.10. The largest absolute Gasteiger partial charge is 0.382 e. The predicted octanol–water partition coefficient (Wildman–Crippen LogP) is 2.83. The van der Waals surface area contributed by atoms with E-state index in [0.29, 0.717) is 12.5 Å². The number of rotatable bonds is 10. The van der Waals surface area contributed by atoms with Crippen LogP contribution < -0.4 is 0 Å². The molecule has 0 saturated carbocycles. The van der Waals surface area contributed by atoms with Crippen molar-refractivity contribution in [3.8, 4) is 0 Å². The number of unbranched alkanes of at least 4 members (excludes halogenated alkanes) is 3. The molecule has 1 aromatic heterocycles. The van der Waals surface area contributed by atoms with Crippen LogP contribution in [0.5, 0.6) is 0 Å². The van der Waals surface area contributed by atoms with E-state index in [-0.39, 0.29) is 17.9 Å². The van der Waals surface area contributed by atoms with Gasteiger partial charge in [-0.05, 0) is 19.4 Å². The fourth-order valence-corrected chi connectivity index (χ4v) is 4.79. The van der Waals surface area contributed by atoms with Crippen molar-refractivity contribution < 1.29 is 22.3 Å². The normalized spacial score (nSPS) is 15.4. The topological polar surface area (TPSA) is 85.1 Å². The summed E-state index contributed by atoms with van der Waals surface area (Å²) in [7, 11) is -3.75. The van der Waals surface area contributed by atoms with Crippen molar-refractivity contribution in [1.82, 2.24) is 14.8 Å². The molecule has 1 N–H and O–H groups in total. The summed E-state index contributed by atoms with van der Waals surface area (Å²) in [5.41, 5.74) is -2.42. The second kappa shape index (κ2) is 8.88. The molecule has 0 amide bonds. The Bertz CT molecular complexity index is 844. The predicted molar refractivity (Wildman–Crippen MR) is 97.7 cm³/mol. The van der Waals surface area contributed by atoms with Gasteiger partial charge in [-0.3, -0.25) is 0 Å². The van der Waals surface area contributed by atoms with Gasteiger partial charge in [0.2, 0.25) is 0 Å². The lowest BCUT2D eigenvalue weighted by Gasteiger charge is -2.34. The third-order valence-electron chi connectivity index (χ3n) is 4.76. The van der Waals surface area contributed by atoms with Gasteiger partial charge in [-0.25, -0.2) is 26.9 Å². The number of hydrogen-bond donors (Lipinski definition) is 1. The zero-order chi connectivity index (χ0) is 20.1. The minimum absolute atomic E-state index is 0.114. The Hall–Kier alpha value is -1.87. The van der Waals surface area contributed by atoms with Crippen molar-refractivity contribution in [3.63, 3.8) is 0 Å². The van der Waals surface area contributed by atoms with Crippen LogP contribution in [-0.2, 0) is 22.0 Å². The molecule has 2 aromatic rings. The Morgan fingerprint density at radius 1 is 1.26 bits per heavy atom. The number of sulfone groups is 1. The lowest BCUT2D eigenvalue weighted by atomic mass is 9.90. The number of halogens is 2. The first-order chi connectivity index (χ1) is 12.7. The summed E-state index contributed by atoms with van der Waals surface area (Å²) in [6.45, 7) is 3.03. The first-order valence-corrected chi connectivity index (χ1v) is 10.6. The number of benzene rings is 1. The van der Waals surface area contributed by atoms with Gasteiger partial charge in [0.1, 0.15) is 29.9 Å². The fraction of sp³-hybridized carbons (Fsp3) is 0.556. The van der Waals surface area contributed by atoms with Crippen molar-refractivity contribution in [2.45, 2.75) is 56.9 Å². The first-order valence-electron chi connectivity index (χ1n) is 8.92. The fourth-order valence-electron chi connectivity index (χ4n) is 3.04. The molecule has 27 heavy (non-hydrogen) atoms. The average molecular weight is 401 g/mol.